The standard InChI is InChI=1S/C22H22F4N2O5S/c23-17-3-1-16(2-4-17)20(14-29)27-21(30)13-15-9-11-28(12-10-15)34(31,32)19-7-5-18(6-8-19)33-22(24,25)26/h1-8,13,20,29H,9-12,14H2,(H,27,30). The van der Waals surface area contributed by atoms with E-state index in [0.717, 1.165) is 24.3 Å². The number of halogens is 4. The van der Waals surface area contributed by atoms with Crippen molar-refractivity contribution in [2.45, 2.75) is 30.1 Å². The Kier molecular flexibility index (Phi) is 7.95. The Bertz CT molecular complexity index is 1120. The highest BCUT2D eigenvalue weighted by molar-refractivity contribution is 7.89. The van der Waals surface area contributed by atoms with Crippen molar-refractivity contribution in [3.8, 4) is 5.75 Å². The van der Waals surface area contributed by atoms with Crippen LogP contribution < -0.4 is 10.1 Å². The van der Waals surface area contributed by atoms with E-state index in [4.69, 9.17) is 0 Å². The van der Waals surface area contributed by atoms with Gasteiger partial charge in [-0.1, -0.05) is 17.7 Å². The summed E-state index contributed by atoms with van der Waals surface area (Å²) in [4.78, 5) is 12.2. The van der Waals surface area contributed by atoms with Crippen molar-refractivity contribution in [2.75, 3.05) is 19.7 Å². The molecule has 0 aliphatic carbocycles. The van der Waals surface area contributed by atoms with E-state index >= 15 is 0 Å². The minimum Gasteiger partial charge on any atom is -0.406 e. The fourth-order valence-electron chi connectivity index (χ4n) is 3.45. The number of ether oxygens (including phenoxy) is 1. The van der Waals surface area contributed by atoms with Gasteiger partial charge in [-0.25, -0.2) is 12.8 Å². The lowest BCUT2D eigenvalue weighted by atomic mass is 10.0. The van der Waals surface area contributed by atoms with Crippen LogP contribution in [-0.2, 0) is 14.8 Å². The van der Waals surface area contributed by atoms with Gasteiger partial charge in [-0.15, -0.1) is 13.2 Å². The molecule has 1 saturated heterocycles. The molecule has 0 spiro atoms. The second kappa shape index (κ2) is 10.5. The zero-order valence-electron chi connectivity index (χ0n) is 17.8. The molecule has 184 valence electrons. The van der Waals surface area contributed by atoms with Gasteiger partial charge in [0.2, 0.25) is 15.9 Å². The molecule has 0 bridgehead atoms. The topological polar surface area (TPSA) is 95.9 Å². The first-order chi connectivity index (χ1) is 16.0. The number of piperidine rings is 1. The zero-order chi connectivity index (χ0) is 24.9. The van der Waals surface area contributed by atoms with Crippen molar-refractivity contribution in [3.63, 3.8) is 0 Å². The number of aliphatic hydroxyl groups is 1. The average molecular weight is 502 g/mol. The summed E-state index contributed by atoms with van der Waals surface area (Å²) in [6.45, 7) is -0.216. The van der Waals surface area contributed by atoms with Gasteiger partial charge in [0.05, 0.1) is 17.5 Å². The molecule has 34 heavy (non-hydrogen) atoms. The van der Waals surface area contributed by atoms with E-state index in [0.29, 0.717) is 11.1 Å². The molecule has 0 aromatic heterocycles. The third-order valence-electron chi connectivity index (χ3n) is 5.17. The number of rotatable bonds is 7. The number of alkyl halides is 3. The Morgan fingerprint density at radius 1 is 1.09 bits per heavy atom. The van der Waals surface area contributed by atoms with E-state index in [1.54, 1.807) is 0 Å². The number of aliphatic hydroxyl groups excluding tert-OH is 1. The molecule has 3 rings (SSSR count). The lowest BCUT2D eigenvalue weighted by Gasteiger charge is -2.27. The van der Waals surface area contributed by atoms with Crippen LogP contribution in [0.2, 0.25) is 0 Å². The van der Waals surface area contributed by atoms with E-state index in [9.17, 15) is 35.9 Å². The largest absolute Gasteiger partial charge is 0.573 e. The first-order valence-electron chi connectivity index (χ1n) is 10.2. The molecule has 1 aliphatic rings. The zero-order valence-corrected chi connectivity index (χ0v) is 18.6. The van der Waals surface area contributed by atoms with Crippen molar-refractivity contribution in [2.24, 2.45) is 0 Å². The molecule has 1 fully saturated rings. The first kappa shape index (κ1) is 25.7. The van der Waals surface area contributed by atoms with Crippen LogP contribution in [0.15, 0.2) is 65.1 Å². The third kappa shape index (κ3) is 6.78. The SMILES string of the molecule is O=C(C=C1CCN(S(=O)(=O)c2ccc(OC(F)(F)F)cc2)CC1)NC(CO)c1ccc(F)cc1. The first-order valence-corrected chi connectivity index (χ1v) is 11.6. The summed E-state index contributed by atoms with van der Waals surface area (Å²) in [6.07, 6.45) is -2.97. The lowest BCUT2D eigenvalue weighted by molar-refractivity contribution is -0.274. The minimum atomic E-state index is -4.88. The number of sulfonamides is 1. The minimum absolute atomic E-state index is 0.0869. The van der Waals surface area contributed by atoms with E-state index in [1.165, 1.54) is 34.6 Å². The smallest absolute Gasteiger partial charge is 0.406 e. The second-order valence-corrected chi connectivity index (χ2v) is 9.46. The Morgan fingerprint density at radius 3 is 2.21 bits per heavy atom. The van der Waals surface area contributed by atoms with Gasteiger partial charge in [0.25, 0.3) is 0 Å². The molecule has 1 aliphatic heterocycles. The number of nitrogens with zero attached hydrogens (tertiary/aromatic N) is 1. The van der Waals surface area contributed by atoms with Gasteiger partial charge in [-0.05, 0) is 54.8 Å². The molecule has 12 heteroatoms. The second-order valence-electron chi connectivity index (χ2n) is 7.52. The fourth-order valence-corrected chi connectivity index (χ4v) is 4.89. The monoisotopic (exact) mass is 502 g/mol. The normalized spacial score (nSPS) is 16.1. The summed E-state index contributed by atoms with van der Waals surface area (Å²) in [5, 5.41) is 12.2. The summed E-state index contributed by atoms with van der Waals surface area (Å²) in [5.74, 6) is -1.45. The van der Waals surface area contributed by atoms with E-state index < -0.39 is 39.9 Å². The Hall–Kier alpha value is -2.96. The maximum atomic E-state index is 13.1. The molecule has 0 saturated carbocycles. The van der Waals surface area contributed by atoms with Crippen molar-refractivity contribution in [3.05, 3.63) is 71.6 Å². The van der Waals surface area contributed by atoms with E-state index in [-0.39, 0.29) is 37.4 Å². The van der Waals surface area contributed by atoms with Gasteiger partial charge in [0.1, 0.15) is 11.6 Å². The van der Waals surface area contributed by atoms with Crippen LogP contribution >= 0.6 is 0 Å². The van der Waals surface area contributed by atoms with Crippen LogP contribution in [0.25, 0.3) is 0 Å². The van der Waals surface area contributed by atoms with Gasteiger partial charge < -0.3 is 15.2 Å². The Balaban J connectivity index is 1.59. The summed E-state index contributed by atoms with van der Waals surface area (Å²) in [6, 6.07) is 8.56. The number of hydrogen-bond acceptors (Lipinski definition) is 5. The quantitative estimate of drug-likeness (QED) is 0.448. The lowest BCUT2D eigenvalue weighted by Crippen LogP contribution is -2.37. The molecule has 1 heterocycles. The number of carbonyl (C=O) groups is 1. The predicted octanol–water partition coefficient (Wildman–Crippen LogP) is 3.29. The number of amides is 1. The third-order valence-corrected chi connectivity index (χ3v) is 7.08. The molecule has 2 aromatic carbocycles. The highest BCUT2D eigenvalue weighted by atomic mass is 32.2. The molecule has 1 amide bonds. The van der Waals surface area contributed by atoms with Gasteiger partial charge in [0.15, 0.2) is 0 Å². The Morgan fingerprint density at radius 2 is 1.68 bits per heavy atom. The molecule has 7 nitrogen and oxygen atoms in total. The van der Waals surface area contributed by atoms with Gasteiger partial charge in [-0.3, -0.25) is 4.79 Å². The molecule has 2 aromatic rings. The van der Waals surface area contributed by atoms with Crippen molar-refractivity contribution >= 4 is 15.9 Å². The summed E-state index contributed by atoms with van der Waals surface area (Å²) < 4.78 is 80.4. The van der Waals surface area contributed by atoms with Gasteiger partial charge in [0, 0.05) is 19.2 Å². The summed E-state index contributed by atoms with van der Waals surface area (Å²) >= 11 is 0. The number of benzene rings is 2. The molecule has 1 unspecified atom stereocenters. The predicted molar refractivity (Wildman–Crippen MR) is 114 cm³/mol. The van der Waals surface area contributed by atoms with Crippen LogP contribution in [0.4, 0.5) is 17.6 Å². The molecular weight excluding hydrogens is 480 g/mol. The number of nitrogens with one attached hydrogen (secondary N) is 1. The average Bonchev–Trinajstić information content (AvgIpc) is 2.78. The van der Waals surface area contributed by atoms with Crippen LogP contribution in [0, 0.1) is 5.82 Å². The number of carbonyl (C=O) groups excluding carboxylic acids is 1. The maximum Gasteiger partial charge on any atom is 0.573 e. The van der Waals surface area contributed by atoms with Crippen LogP contribution in [0.5, 0.6) is 5.75 Å². The molecule has 0 radical (unpaired) electrons. The molecular formula is C22H22F4N2O5S. The van der Waals surface area contributed by atoms with Crippen molar-refractivity contribution < 1.29 is 40.6 Å². The van der Waals surface area contributed by atoms with Crippen LogP contribution in [0.1, 0.15) is 24.4 Å². The summed E-state index contributed by atoms with van der Waals surface area (Å²) in [7, 11) is -3.93. The molecule has 2 N–H and O–H groups in total. The Labute approximate surface area is 193 Å². The molecule has 1 atom stereocenters. The van der Waals surface area contributed by atoms with Gasteiger partial charge in [-0.2, -0.15) is 4.31 Å². The van der Waals surface area contributed by atoms with Gasteiger partial charge >= 0.3 is 6.36 Å². The van der Waals surface area contributed by atoms with E-state index in [1.807, 2.05) is 0 Å². The van der Waals surface area contributed by atoms with Crippen molar-refractivity contribution in [1.82, 2.24) is 9.62 Å². The van der Waals surface area contributed by atoms with Crippen LogP contribution in [0.3, 0.4) is 0 Å². The fraction of sp³-hybridized carbons (Fsp3) is 0.318. The summed E-state index contributed by atoms with van der Waals surface area (Å²) in [5.41, 5.74) is 1.23. The van der Waals surface area contributed by atoms with Crippen molar-refractivity contribution in [1.29, 1.82) is 0 Å². The van der Waals surface area contributed by atoms with Crippen LogP contribution in [-0.4, -0.2) is 49.8 Å². The highest BCUT2D eigenvalue weighted by Crippen LogP contribution is 2.27. The maximum absolute atomic E-state index is 13.1. The van der Waals surface area contributed by atoms with E-state index in [2.05, 4.69) is 10.1 Å². The number of hydrogen-bond donors (Lipinski definition) is 2. The highest BCUT2D eigenvalue weighted by Gasteiger charge is 2.32.